The predicted molar refractivity (Wildman–Crippen MR) is 133 cm³/mol. The summed E-state index contributed by atoms with van der Waals surface area (Å²) in [7, 11) is 3.11. The number of fused-ring (bicyclic) bond motifs is 1. The summed E-state index contributed by atoms with van der Waals surface area (Å²) < 4.78 is 12.0. The molecule has 0 saturated heterocycles. The summed E-state index contributed by atoms with van der Waals surface area (Å²) in [6, 6.07) is 21.7. The zero-order chi connectivity index (χ0) is 23.9. The topological polar surface area (TPSA) is 94.8 Å². The number of para-hydroxylation sites is 2. The highest BCUT2D eigenvalue weighted by Crippen LogP contribution is 2.27. The van der Waals surface area contributed by atoms with E-state index in [1.165, 1.54) is 22.5 Å². The van der Waals surface area contributed by atoms with Crippen molar-refractivity contribution in [1.29, 1.82) is 0 Å². The molecule has 0 atom stereocenters. The number of hydrogen-bond acceptors (Lipinski definition) is 7. The Bertz CT molecular complexity index is 1400. The van der Waals surface area contributed by atoms with Crippen LogP contribution in [0.25, 0.3) is 16.6 Å². The average molecular weight is 475 g/mol. The number of methoxy groups -OCH3 is 2. The van der Waals surface area contributed by atoms with Crippen LogP contribution in [0.2, 0.25) is 0 Å². The van der Waals surface area contributed by atoms with Crippen molar-refractivity contribution in [3.05, 3.63) is 88.7 Å². The Morgan fingerprint density at radius 1 is 1.03 bits per heavy atom. The van der Waals surface area contributed by atoms with Crippen LogP contribution in [0.5, 0.6) is 11.5 Å². The van der Waals surface area contributed by atoms with Crippen LogP contribution in [0.1, 0.15) is 5.56 Å². The number of benzene rings is 3. The van der Waals surface area contributed by atoms with Crippen LogP contribution in [0, 0.1) is 0 Å². The number of aromatic nitrogens is 2. The van der Waals surface area contributed by atoms with Crippen LogP contribution in [-0.2, 0) is 4.79 Å². The molecule has 8 nitrogen and oxygen atoms in total. The van der Waals surface area contributed by atoms with E-state index < -0.39 is 0 Å². The van der Waals surface area contributed by atoms with Crippen molar-refractivity contribution in [2.75, 3.05) is 20.0 Å². The zero-order valence-electron chi connectivity index (χ0n) is 18.6. The van der Waals surface area contributed by atoms with E-state index in [9.17, 15) is 9.59 Å². The van der Waals surface area contributed by atoms with Gasteiger partial charge in [-0.2, -0.15) is 5.10 Å². The number of nitrogens with one attached hydrogen (secondary N) is 1. The van der Waals surface area contributed by atoms with Crippen LogP contribution in [0.3, 0.4) is 0 Å². The molecule has 4 rings (SSSR count). The number of carbonyl (C=O) groups excluding carboxylic acids is 1. The van der Waals surface area contributed by atoms with Gasteiger partial charge in [0, 0.05) is 0 Å². The number of carbonyl (C=O) groups is 1. The zero-order valence-corrected chi connectivity index (χ0v) is 19.4. The average Bonchev–Trinajstić information content (AvgIpc) is 2.88. The van der Waals surface area contributed by atoms with Crippen molar-refractivity contribution in [3.63, 3.8) is 0 Å². The maximum Gasteiger partial charge on any atom is 0.266 e. The van der Waals surface area contributed by atoms with Gasteiger partial charge >= 0.3 is 0 Å². The second-order valence-electron chi connectivity index (χ2n) is 7.08. The number of amides is 1. The molecule has 0 aliphatic carbocycles. The van der Waals surface area contributed by atoms with E-state index in [2.05, 4.69) is 15.5 Å². The van der Waals surface area contributed by atoms with Crippen LogP contribution < -0.4 is 20.5 Å². The van der Waals surface area contributed by atoms with Gasteiger partial charge in [0.15, 0.2) is 16.7 Å². The Morgan fingerprint density at radius 3 is 2.53 bits per heavy atom. The molecule has 1 N–H and O–H groups in total. The molecule has 4 aromatic rings. The quantitative estimate of drug-likeness (QED) is 0.181. The first-order chi connectivity index (χ1) is 16.6. The normalized spacial score (nSPS) is 11.0. The fourth-order valence-corrected chi connectivity index (χ4v) is 4.09. The van der Waals surface area contributed by atoms with Crippen molar-refractivity contribution >= 4 is 34.8 Å². The molecule has 172 valence electrons. The lowest BCUT2D eigenvalue weighted by Crippen LogP contribution is -2.24. The summed E-state index contributed by atoms with van der Waals surface area (Å²) >= 11 is 1.17. The maximum atomic E-state index is 13.2. The molecule has 0 fully saturated rings. The minimum absolute atomic E-state index is 0.0287. The summed E-state index contributed by atoms with van der Waals surface area (Å²) in [5.41, 5.74) is 4.31. The van der Waals surface area contributed by atoms with E-state index in [0.29, 0.717) is 33.2 Å². The smallest absolute Gasteiger partial charge is 0.266 e. The molecule has 1 heterocycles. The largest absolute Gasteiger partial charge is 0.493 e. The maximum absolute atomic E-state index is 13.2. The molecule has 0 bridgehead atoms. The Morgan fingerprint density at radius 2 is 1.76 bits per heavy atom. The van der Waals surface area contributed by atoms with Crippen LogP contribution in [0.15, 0.2) is 87.8 Å². The number of rotatable bonds is 8. The SMILES string of the molecule is COc1ccc(/C=N\NC(=O)CSc2nc3ccccc3c(=O)n2-c2ccccc2)cc1OC. The standard InChI is InChI=1S/C25H22N4O4S/c1-32-21-13-12-17(14-22(21)33-2)15-26-28-23(30)16-34-25-27-20-11-7-6-10-19(20)24(31)29(25)18-8-4-3-5-9-18/h3-15H,16H2,1-2H3,(H,28,30)/b26-15-. The second kappa shape index (κ2) is 10.7. The fraction of sp³-hybridized carbons (Fsp3) is 0.120. The van der Waals surface area contributed by atoms with Gasteiger partial charge in [0.2, 0.25) is 0 Å². The van der Waals surface area contributed by atoms with Crippen molar-refractivity contribution < 1.29 is 14.3 Å². The van der Waals surface area contributed by atoms with Crippen LogP contribution >= 0.6 is 11.8 Å². The van der Waals surface area contributed by atoms with Crippen LogP contribution in [-0.4, -0.2) is 41.6 Å². The lowest BCUT2D eigenvalue weighted by atomic mass is 10.2. The summed E-state index contributed by atoms with van der Waals surface area (Å²) in [4.78, 5) is 30.2. The summed E-state index contributed by atoms with van der Waals surface area (Å²) in [6.07, 6.45) is 1.51. The number of nitrogens with zero attached hydrogens (tertiary/aromatic N) is 3. The third-order valence-corrected chi connectivity index (χ3v) is 5.84. The third-order valence-electron chi connectivity index (χ3n) is 4.90. The van der Waals surface area contributed by atoms with Crippen molar-refractivity contribution in [1.82, 2.24) is 15.0 Å². The molecule has 9 heteroatoms. The predicted octanol–water partition coefficient (Wildman–Crippen LogP) is 3.65. The molecule has 0 saturated carbocycles. The van der Waals surface area contributed by atoms with Gasteiger partial charge in [-0.25, -0.2) is 10.4 Å². The summed E-state index contributed by atoms with van der Waals surface area (Å²) in [5, 5.41) is 4.95. The van der Waals surface area contributed by atoms with E-state index in [1.807, 2.05) is 36.4 Å². The van der Waals surface area contributed by atoms with Gasteiger partial charge in [0.1, 0.15) is 0 Å². The van der Waals surface area contributed by atoms with E-state index in [-0.39, 0.29) is 17.2 Å². The van der Waals surface area contributed by atoms with Gasteiger partial charge < -0.3 is 9.47 Å². The first-order valence-electron chi connectivity index (χ1n) is 10.3. The lowest BCUT2D eigenvalue weighted by molar-refractivity contribution is -0.118. The summed E-state index contributed by atoms with van der Waals surface area (Å²) in [5.74, 6) is 0.867. The van der Waals surface area contributed by atoms with Gasteiger partial charge in [-0.05, 0) is 48.0 Å². The molecule has 0 aliphatic heterocycles. The van der Waals surface area contributed by atoms with Crippen LogP contribution in [0.4, 0.5) is 0 Å². The monoisotopic (exact) mass is 474 g/mol. The van der Waals surface area contributed by atoms with Gasteiger partial charge in [-0.3, -0.25) is 14.2 Å². The molecule has 1 amide bonds. The lowest BCUT2D eigenvalue weighted by Gasteiger charge is -2.12. The molecule has 1 aromatic heterocycles. The Hall–Kier alpha value is -4.11. The van der Waals surface area contributed by atoms with Crippen molar-refractivity contribution in [2.24, 2.45) is 5.10 Å². The fourth-order valence-electron chi connectivity index (χ4n) is 3.29. The van der Waals surface area contributed by atoms with Gasteiger partial charge in [0.25, 0.3) is 11.5 Å². The molecule has 34 heavy (non-hydrogen) atoms. The molecule has 0 spiro atoms. The van der Waals surface area contributed by atoms with E-state index in [1.54, 1.807) is 50.6 Å². The number of ether oxygens (including phenoxy) is 2. The molecule has 0 radical (unpaired) electrons. The summed E-state index contributed by atoms with van der Waals surface area (Å²) in [6.45, 7) is 0. The van der Waals surface area contributed by atoms with E-state index in [4.69, 9.17) is 9.47 Å². The number of hydrazone groups is 1. The minimum Gasteiger partial charge on any atom is -0.493 e. The second-order valence-corrected chi connectivity index (χ2v) is 8.03. The minimum atomic E-state index is -0.330. The molecular weight excluding hydrogens is 452 g/mol. The highest BCUT2D eigenvalue weighted by Gasteiger charge is 2.14. The van der Waals surface area contributed by atoms with Gasteiger partial charge in [0.05, 0.1) is 42.8 Å². The van der Waals surface area contributed by atoms with Gasteiger partial charge in [-0.1, -0.05) is 42.1 Å². The number of thioether (sulfide) groups is 1. The molecule has 3 aromatic carbocycles. The third kappa shape index (κ3) is 5.10. The highest BCUT2D eigenvalue weighted by atomic mass is 32.2. The Labute approximate surface area is 200 Å². The first-order valence-corrected chi connectivity index (χ1v) is 11.3. The Kier molecular flexibility index (Phi) is 7.24. The molecular formula is C25H22N4O4S. The Balaban J connectivity index is 1.50. The molecule has 0 unspecified atom stereocenters. The number of hydrogen-bond donors (Lipinski definition) is 1. The first kappa shape index (κ1) is 23.1. The highest BCUT2D eigenvalue weighted by molar-refractivity contribution is 7.99. The molecule has 0 aliphatic rings. The van der Waals surface area contributed by atoms with Crippen molar-refractivity contribution in [2.45, 2.75) is 5.16 Å². The van der Waals surface area contributed by atoms with Crippen molar-refractivity contribution in [3.8, 4) is 17.2 Å². The van der Waals surface area contributed by atoms with E-state index >= 15 is 0 Å². The van der Waals surface area contributed by atoms with E-state index in [0.717, 1.165) is 5.56 Å². The van der Waals surface area contributed by atoms with Gasteiger partial charge in [-0.15, -0.1) is 0 Å².